The summed E-state index contributed by atoms with van der Waals surface area (Å²) in [7, 11) is 1.34. The number of benzene rings is 1. The standard InChI is InChI=1S/C18H21N3O3/c1-13(18(23)24-3)11-21(12-15-7-5-4-6-8-15)17(22)16-10-19-14(2)9-20-16/h4-10,13H,11-12H2,1-3H3/t13-/m1/s1. The van der Waals surface area contributed by atoms with Crippen LogP contribution in [0.2, 0.25) is 0 Å². The Bertz CT molecular complexity index is 686. The molecular weight excluding hydrogens is 306 g/mol. The van der Waals surface area contributed by atoms with Gasteiger partial charge in [-0.3, -0.25) is 14.6 Å². The predicted molar refractivity (Wildman–Crippen MR) is 89.1 cm³/mol. The minimum atomic E-state index is -0.430. The summed E-state index contributed by atoms with van der Waals surface area (Å²) in [5, 5.41) is 0. The van der Waals surface area contributed by atoms with Gasteiger partial charge >= 0.3 is 5.97 Å². The monoisotopic (exact) mass is 327 g/mol. The average molecular weight is 327 g/mol. The number of amides is 1. The van der Waals surface area contributed by atoms with E-state index in [0.29, 0.717) is 6.54 Å². The van der Waals surface area contributed by atoms with Crippen LogP contribution in [0.1, 0.15) is 28.7 Å². The minimum absolute atomic E-state index is 0.246. The van der Waals surface area contributed by atoms with Crippen LogP contribution in [0.25, 0.3) is 0 Å². The Morgan fingerprint density at radius 1 is 1.17 bits per heavy atom. The molecule has 1 amide bonds. The van der Waals surface area contributed by atoms with E-state index in [4.69, 9.17) is 4.74 Å². The third kappa shape index (κ3) is 4.62. The van der Waals surface area contributed by atoms with Crippen molar-refractivity contribution in [1.29, 1.82) is 0 Å². The van der Waals surface area contributed by atoms with Crippen molar-refractivity contribution in [3.63, 3.8) is 0 Å². The Labute approximate surface area is 141 Å². The van der Waals surface area contributed by atoms with Crippen LogP contribution in [0.15, 0.2) is 42.7 Å². The average Bonchev–Trinajstić information content (AvgIpc) is 2.61. The van der Waals surface area contributed by atoms with Crippen molar-refractivity contribution in [2.24, 2.45) is 5.92 Å². The summed E-state index contributed by atoms with van der Waals surface area (Å²) in [6.07, 6.45) is 3.01. The molecule has 0 saturated carbocycles. The number of aromatic nitrogens is 2. The first-order chi connectivity index (χ1) is 11.5. The fourth-order valence-electron chi connectivity index (χ4n) is 2.29. The molecule has 1 aromatic carbocycles. The van der Waals surface area contributed by atoms with Gasteiger partial charge in [0.2, 0.25) is 0 Å². The summed E-state index contributed by atoms with van der Waals surface area (Å²) in [4.78, 5) is 34.3. The van der Waals surface area contributed by atoms with E-state index < -0.39 is 5.92 Å². The molecule has 1 aromatic heterocycles. The molecule has 6 heteroatoms. The molecule has 0 N–H and O–H groups in total. The van der Waals surface area contributed by atoms with E-state index in [1.807, 2.05) is 37.3 Å². The molecular formula is C18H21N3O3. The van der Waals surface area contributed by atoms with Crippen molar-refractivity contribution < 1.29 is 14.3 Å². The molecule has 2 aromatic rings. The lowest BCUT2D eigenvalue weighted by molar-refractivity contribution is -0.145. The smallest absolute Gasteiger partial charge is 0.310 e. The number of esters is 1. The Kier molecular flexibility index (Phi) is 6.01. The van der Waals surface area contributed by atoms with E-state index in [9.17, 15) is 9.59 Å². The van der Waals surface area contributed by atoms with Gasteiger partial charge in [-0.05, 0) is 12.5 Å². The first-order valence-electron chi connectivity index (χ1n) is 7.71. The molecule has 1 atom stereocenters. The van der Waals surface area contributed by atoms with Crippen LogP contribution in [0.4, 0.5) is 0 Å². The van der Waals surface area contributed by atoms with E-state index in [1.165, 1.54) is 13.3 Å². The minimum Gasteiger partial charge on any atom is -0.469 e. The maximum atomic E-state index is 12.8. The molecule has 0 saturated heterocycles. The number of carbonyl (C=O) groups excluding carboxylic acids is 2. The molecule has 0 spiro atoms. The van der Waals surface area contributed by atoms with Gasteiger partial charge in [0.05, 0.1) is 24.9 Å². The number of hydrogen-bond acceptors (Lipinski definition) is 5. The SMILES string of the molecule is COC(=O)[C@H](C)CN(Cc1ccccc1)C(=O)c1cnc(C)cn1. The highest BCUT2D eigenvalue weighted by Crippen LogP contribution is 2.12. The zero-order chi connectivity index (χ0) is 17.5. The Morgan fingerprint density at radius 2 is 1.88 bits per heavy atom. The predicted octanol–water partition coefficient (Wildman–Crippen LogP) is 2.24. The molecule has 0 unspecified atom stereocenters. The second kappa shape index (κ2) is 8.19. The highest BCUT2D eigenvalue weighted by Gasteiger charge is 2.23. The number of nitrogens with zero attached hydrogens (tertiary/aromatic N) is 3. The zero-order valence-electron chi connectivity index (χ0n) is 14.1. The van der Waals surface area contributed by atoms with Gasteiger partial charge in [-0.25, -0.2) is 4.98 Å². The summed E-state index contributed by atoms with van der Waals surface area (Å²) >= 11 is 0. The Hall–Kier alpha value is -2.76. The van der Waals surface area contributed by atoms with Crippen LogP contribution in [0.3, 0.4) is 0 Å². The number of hydrogen-bond donors (Lipinski definition) is 0. The lowest BCUT2D eigenvalue weighted by Gasteiger charge is -2.25. The lowest BCUT2D eigenvalue weighted by atomic mass is 10.1. The maximum absolute atomic E-state index is 12.8. The summed E-state index contributed by atoms with van der Waals surface area (Å²) in [5.41, 5.74) is 1.97. The molecule has 126 valence electrons. The normalized spacial score (nSPS) is 11.6. The quantitative estimate of drug-likeness (QED) is 0.761. The molecule has 6 nitrogen and oxygen atoms in total. The van der Waals surface area contributed by atoms with Gasteiger partial charge in [-0.2, -0.15) is 0 Å². The second-order valence-corrected chi connectivity index (χ2v) is 5.64. The molecule has 0 fully saturated rings. The second-order valence-electron chi connectivity index (χ2n) is 5.64. The Balaban J connectivity index is 2.22. The molecule has 0 aliphatic heterocycles. The maximum Gasteiger partial charge on any atom is 0.310 e. The highest BCUT2D eigenvalue weighted by atomic mass is 16.5. The van der Waals surface area contributed by atoms with E-state index in [0.717, 1.165) is 11.3 Å². The van der Waals surface area contributed by atoms with Crippen LogP contribution in [-0.2, 0) is 16.1 Å². The molecule has 0 aliphatic carbocycles. The van der Waals surface area contributed by atoms with Crippen molar-refractivity contribution in [2.75, 3.05) is 13.7 Å². The number of methoxy groups -OCH3 is 1. The third-order valence-corrected chi connectivity index (χ3v) is 3.60. The third-order valence-electron chi connectivity index (χ3n) is 3.60. The van der Waals surface area contributed by atoms with Crippen molar-refractivity contribution in [3.8, 4) is 0 Å². The zero-order valence-corrected chi connectivity index (χ0v) is 14.1. The van der Waals surface area contributed by atoms with Gasteiger partial charge in [0, 0.05) is 19.3 Å². The first-order valence-corrected chi connectivity index (χ1v) is 7.71. The van der Waals surface area contributed by atoms with E-state index in [1.54, 1.807) is 18.0 Å². The topological polar surface area (TPSA) is 72.4 Å². The van der Waals surface area contributed by atoms with Gasteiger partial charge in [-0.15, -0.1) is 0 Å². The molecule has 2 rings (SSSR count). The summed E-state index contributed by atoms with van der Waals surface area (Å²) < 4.78 is 4.76. The summed E-state index contributed by atoms with van der Waals surface area (Å²) in [5.74, 6) is -1.04. The number of carbonyl (C=O) groups is 2. The lowest BCUT2D eigenvalue weighted by Crippen LogP contribution is -2.37. The van der Waals surface area contributed by atoms with Crippen molar-refractivity contribution >= 4 is 11.9 Å². The fourth-order valence-corrected chi connectivity index (χ4v) is 2.29. The molecule has 0 aliphatic rings. The van der Waals surface area contributed by atoms with Crippen LogP contribution < -0.4 is 0 Å². The molecule has 24 heavy (non-hydrogen) atoms. The summed E-state index contributed by atoms with van der Waals surface area (Å²) in [6.45, 7) is 4.17. The van der Waals surface area contributed by atoms with Crippen molar-refractivity contribution in [1.82, 2.24) is 14.9 Å². The van der Waals surface area contributed by atoms with Gasteiger partial charge in [0.1, 0.15) is 5.69 Å². The number of aryl methyl sites for hydroxylation is 1. The first kappa shape index (κ1) is 17.6. The van der Waals surface area contributed by atoms with Crippen molar-refractivity contribution in [3.05, 3.63) is 59.7 Å². The van der Waals surface area contributed by atoms with Crippen LogP contribution in [0, 0.1) is 12.8 Å². The highest BCUT2D eigenvalue weighted by molar-refractivity contribution is 5.92. The summed E-state index contributed by atoms with van der Waals surface area (Å²) in [6, 6.07) is 9.60. The van der Waals surface area contributed by atoms with Crippen LogP contribution >= 0.6 is 0 Å². The van der Waals surface area contributed by atoms with E-state index in [-0.39, 0.29) is 24.1 Å². The van der Waals surface area contributed by atoms with E-state index >= 15 is 0 Å². The van der Waals surface area contributed by atoms with Crippen LogP contribution in [-0.4, -0.2) is 40.4 Å². The van der Waals surface area contributed by atoms with Gasteiger partial charge in [-0.1, -0.05) is 37.3 Å². The molecule has 0 bridgehead atoms. The Morgan fingerprint density at radius 3 is 2.46 bits per heavy atom. The van der Waals surface area contributed by atoms with Gasteiger partial charge in [0.15, 0.2) is 0 Å². The van der Waals surface area contributed by atoms with Gasteiger partial charge in [0.25, 0.3) is 5.91 Å². The molecule has 0 radical (unpaired) electrons. The fraction of sp³-hybridized carbons (Fsp3) is 0.333. The van der Waals surface area contributed by atoms with E-state index in [2.05, 4.69) is 9.97 Å². The van der Waals surface area contributed by atoms with Crippen molar-refractivity contribution in [2.45, 2.75) is 20.4 Å². The molecule has 1 heterocycles. The van der Waals surface area contributed by atoms with Crippen LogP contribution in [0.5, 0.6) is 0 Å². The largest absolute Gasteiger partial charge is 0.469 e. The van der Waals surface area contributed by atoms with Gasteiger partial charge < -0.3 is 9.64 Å². The number of ether oxygens (including phenoxy) is 1. The number of rotatable bonds is 6.